The van der Waals surface area contributed by atoms with Crippen molar-refractivity contribution < 1.29 is 19.9 Å². The van der Waals surface area contributed by atoms with Crippen LogP contribution in [0, 0.1) is 13.7 Å². The van der Waals surface area contributed by atoms with Crippen LogP contribution in [0.15, 0.2) is 24.4 Å². The maximum Gasteiger partial charge on any atom is 0.270 e. The molecular formula is C13H13IN2O5. The summed E-state index contributed by atoms with van der Waals surface area (Å²) in [4.78, 5) is 10.4. The number of nitro groups is 1. The molecule has 3 rings (SSSR count). The van der Waals surface area contributed by atoms with Crippen molar-refractivity contribution >= 4 is 39.2 Å². The maximum atomic E-state index is 10.9. The van der Waals surface area contributed by atoms with Gasteiger partial charge in [-0.15, -0.1) is 0 Å². The summed E-state index contributed by atoms with van der Waals surface area (Å²) in [7, 11) is 0. The van der Waals surface area contributed by atoms with Gasteiger partial charge in [0, 0.05) is 33.7 Å². The summed E-state index contributed by atoms with van der Waals surface area (Å²) in [5.74, 6) is 0. The molecule has 1 aliphatic heterocycles. The first-order valence-electron chi connectivity index (χ1n) is 6.40. The maximum absolute atomic E-state index is 10.9. The third kappa shape index (κ3) is 2.52. The van der Waals surface area contributed by atoms with Crippen molar-refractivity contribution in [1.82, 2.24) is 4.57 Å². The van der Waals surface area contributed by atoms with Gasteiger partial charge in [0.2, 0.25) is 0 Å². The Morgan fingerprint density at radius 2 is 2.29 bits per heavy atom. The Hall–Kier alpha value is -1.23. The Morgan fingerprint density at radius 1 is 1.52 bits per heavy atom. The third-order valence-corrected chi connectivity index (χ3v) is 4.53. The average molecular weight is 404 g/mol. The number of rotatable bonds is 3. The van der Waals surface area contributed by atoms with Gasteiger partial charge in [-0.25, -0.2) is 0 Å². The van der Waals surface area contributed by atoms with Crippen LogP contribution in [0.1, 0.15) is 12.6 Å². The van der Waals surface area contributed by atoms with Crippen LogP contribution >= 0.6 is 22.6 Å². The zero-order valence-electron chi connectivity index (χ0n) is 10.8. The van der Waals surface area contributed by atoms with Gasteiger partial charge in [-0.3, -0.25) is 10.1 Å². The fourth-order valence-corrected chi connectivity index (χ4v) is 3.34. The van der Waals surface area contributed by atoms with E-state index in [1.165, 1.54) is 12.1 Å². The molecule has 21 heavy (non-hydrogen) atoms. The number of hydrogen-bond donors (Lipinski definition) is 2. The van der Waals surface area contributed by atoms with Gasteiger partial charge in [0.25, 0.3) is 5.69 Å². The number of hydrogen-bond acceptors (Lipinski definition) is 5. The monoisotopic (exact) mass is 404 g/mol. The number of fused-ring (bicyclic) bond motifs is 1. The third-order valence-electron chi connectivity index (χ3n) is 3.67. The summed E-state index contributed by atoms with van der Waals surface area (Å²) >= 11 is 2.11. The molecule has 1 saturated heterocycles. The number of benzene rings is 1. The minimum atomic E-state index is -0.715. The average Bonchev–Trinajstić information content (AvgIpc) is 2.99. The molecule has 1 aliphatic rings. The van der Waals surface area contributed by atoms with Gasteiger partial charge in [-0.2, -0.15) is 0 Å². The van der Waals surface area contributed by atoms with Crippen LogP contribution in [-0.4, -0.2) is 38.5 Å². The second kappa shape index (κ2) is 5.52. The van der Waals surface area contributed by atoms with E-state index in [0.717, 1.165) is 14.5 Å². The van der Waals surface area contributed by atoms with Crippen LogP contribution in [0.2, 0.25) is 0 Å². The van der Waals surface area contributed by atoms with Gasteiger partial charge >= 0.3 is 0 Å². The normalized spacial score (nSPS) is 25.6. The summed E-state index contributed by atoms with van der Waals surface area (Å²) < 4.78 is 8.35. The standard InChI is InChI=1S/C13H13IN2O5/c14-9-5-15(13-4-11(18)12(6-17)21-13)10-2-1-7(16(19)20)3-8(9)10/h1-3,5,11-13,17-18H,4,6H2/t11-,12+,13+/m0/s1. The molecule has 0 saturated carbocycles. The number of aromatic nitrogens is 1. The highest BCUT2D eigenvalue weighted by molar-refractivity contribution is 14.1. The molecule has 112 valence electrons. The molecule has 3 atom stereocenters. The van der Waals surface area contributed by atoms with Crippen molar-refractivity contribution in [3.05, 3.63) is 38.1 Å². The Morgan fingerprint density at radius 3 is 2.90 bits per heavy atom. The minimum absolute atomic E-state index is 0.0405. The van der Waals surface area contributed by atoms with Crippen molar-refractivity contribution in [1.29, 1.82) is 0 Å². The lowest BCUT2D eigenvalue weighted by atomic mass is 10.2. The highest BCUT2D eigenvalue weighted by Crippen LogP contribution is 2.35. The fourth-order valence-electron chi connectivity index (χ4n) is 2.60. The van der Waals surface area contributed by atoms with E-state index in [1.807, 2.05) is 10.8 Å². The lowest BCUT2D eigenvalue weighted by Gasteiger charge is -2.14. The topological polar surface area (TPSA) is 97.8 Å². The van der Waals surface area contributed by atoms with Crippen LogP contribution in [-0.2, 0) is 4.74 Å². The molecular weight excluding hydrogens is 391 g/mol. The van der Waals surface area contributed by atoms with Gasteiger partial charge in [0.1, 0.15) is 12.3 Å². The lowest BCUT2D eigenvalue weighted by molar-refractivity contribution is -0.384. The first-order valence-corrected chi connectivity index (χ1v) is 7.48. The first kappa shape index (κ1) is 14.7. The molecule has 0 amide bonds. The Labute approximate surface area is 133 Å². The molecule has 0 radical (unpaired) electrons. The lowest BCUT2D eigenvalue weighted by Crippen LogP contribution is -2.24. The Bertz CT molecular complexity index is 701. The number of aliphatic hydroxyl groups excluding tert-OH is 2. The van der Waals surface area contributed by atoms with Gasteiger partial charge < -0.3 is 19.5 Å². The first-order chi connectivity index (χ1) is 10.0. The molecule has 0 unspecified atom stereocenters. The Kier molecular flexibility index (Phi) is 3.86. The van der Waals surface area contributed by atoms with Crippen molar-refractivity contribution in [3.8, 4) is 0 Å². The van der Waals surface area contributed by atoms with E-state index < -0.39 is 17.1 Å². The van der Waals surface area contributed by atoms with Crippen molar-refractivity contribution in [2.24, 2.45) is 0 Å². The number of nitrogens with zero attached hydrogens (tertiary/aromatic N) is 2. The van der Waals surface area contributed by atoms with E-state index in [1.54, 1.807) is 6.07 Å². The molecule has 2 N–H and O–H groups in total. The predicted molar refractivity (Wildman–Crippen MR) is 82.9 cm³/mol. The Balaban J connectivity index is 2.03. The van der Waals surface area contributed by atoms with E-state index in [9.17, 15) is 15.2 Å². The summed E-state index contributed by atoms with van der Waals surface area (Å²) in [6.45, 7) is -0.237. The summed E-state index contributed by atoms with van der Waals surface area (Å²) in [6.07, 6.45) is 0.523. The highest BCUT2D eigenvalue weighted by atomic mass is 127. The van der Waals surface area contributed by atoms with E-state index in [4.69, 9.17) is 9.84 Å². The van der Waals surface area contributed by atoms with Gasteiger partial charge in [0.05, 0.1) is 23.2 Å². The zero-order valence-corrected chi connectivity index (χ0v) is 13.0. The zero-order chi connectivity index (χ0) is 15.1. The molecule has 1 fully saturated rings. The molecule has 0 spiro atoms. The minimum Gasteiger partial charge on any atom is -0.394 e. The predicted octanol–water partition coefficient (Wildman–Crippen LogP) is 1.79. The highest BCUT2D eigenvalue weighted by Gasteiger charge is 2.35. The van der Waals surface area contributed by atoms with E-state index in [0.29, 0.717) is 6.42 Å². The van der Waals surface area contributed by atoms with E-state index in [2.05, 4.69) is 22.6 Å². The van der Waals surface area contributed by atoms with Crippen molar-refractivity contribution in [3.63, 3.8) is 0 Å². The van der Waals surface area contributed by atoms with Crippen LogP contribution in [0.25, 0.3) is 10.9 Å². The van der Waals surface area contributed by atoms with Gasteiger partial charge in [0.15, 0.2) is 0 Å². The van der Waals surface area contributed by atoms with Crippen LogP contribution in [0.4, 0.5) is 5.69 Å². The molecule has 2 aromatic rings. The summed E-state index contributed by atoms with van der Waals surface area (Å²) in [5, 5.41) is 30.6. The molecule has 7 nitrogen and oxygen atoms in total. The SMILES string of the molecule is O=[N+]([O-])c1ccc2c(c1)c(I)cn2[C@H]1C[C@H](O)[C@@H](CO)O1. The molecule has 8 heteroatoms. The second-order valence-corrected chi connectivity index (χ2v) is 6.12. The second-order valence-electron chi connectivity index (χ2n) is 4.96. The van der Waals surface area contributed by atoms with Gasteiger partial charge in [-0.1, -0.05) is 0 Å². The number of ether oxygens (including phenoxy) is 1. The quantitative estimate of drug-likeness (QED) is 0.462. The van der Waals surface area contributed by atoms with Crippen LogP contribution < -0.4 is 0 Å². The smallest absolute Gasteiger partial charge is 0.270 e. The molecule has 0 aliphatic carbocycles. The van der Waals surface area contributed by atoms with Crippen molar-refractivity contribution in [2.45, 2.75) is 24.9 Å². The van der Waals surface area contributed by atoms with E-state index in [-0.39, 0.29) is 18.5 Å². The van der Waals surface area contributed by atoms with Crippen LogP contribution in [0.5, 0.6) is 0 Å². The molecule has 1 aromatic carbocycles. The number of halogens is 1. The largest absolute Gasteiger partial charge is 0.394 e. The van der Waals surface area contributed by atoms with Crippen molar-refractivity contribution in [2.75, 3.05) is 6.61 Å². The number of nitro benzene ring substituents is 1. The van der Waals surface area contributed by atoms with Gasteiger partial charge in [-0.05, 0) is 28.7 Å². The summed E-state index contributed by atoms with van der Waals surface area (Å²) in [5.41, 5.74) is 0.847. The number of non-ortho nitro benzene ring substituents is 1. The van der Waals surface area contributed by atoms with Crippen LogP contribution in [0.3, 0.4) is 0 Å². The summed E-state index contributed by atoms with van der Waals surface area (Å²) in [6, 6.07) is 4.66. The molecule has 2 heterocycles. The molecule has 0 bridgehead atoms. The number of aliphatic hydroxyl groups is 2. The van der Waals surface area contributed by atoms with E-state index >= 15 is 0 Å². The molecule has 1 aromatic heterocycles. The fraction of sp³-hybridized carbons (Fsp3) is 0.385.